The molecule has 164 valence electrons. The van der Waals surface area contributed by atoms with Gasteiger partial charge in [0.25, 0.3) is 0 Å². The Labute approximate surface area is 187 Å². The van der Waals surface area contributed by atoms with Gasteiger partial charge < -0.3 is 5.32 Å². The maximum atomic E-state index is 12.6. The second-order valence-corrected chi connectivity index (χ2v) is 11.5. The molecule has 0 aliphatic heterocycles. The monoisotopic (exact) mass is 492 g/mol. The standard InChI is InChI=1S/C19H22Cl2N2O5S2/c1-4-17(13-5-8-15(9-6-13)29(2,25)26)22-19(24)12-23(30(3,27)28)18-10-7-14(20)11-16(18)21/h5-11,17H,4,12H2,1-3H3,(H,22,24). The van der Waals surface area contributed by atoms with Crippen molar-refractivity contribution in [3.63, 3.8) is 0 Å². The van der Waals surface area contributed by atoms with Crippen LogP contribution in [0.25, 0.3) is 0 Å². The Morgan fingerprint density at radius 2 is 1.63 bits per heavy atom. The zero-order chi connectivity index (χ0) is 22.7. The summed E-state index contributed by atoms with van der Waals surface area (Å²) in [4.78, 5) is 12.8. The molecule has 0 bridgehead atoms. The van der Waals surface area contributed by atoms with Crippen molar-refractivity contribution in [2.75, 3.05) is 23.4 Å². The first-order valence-corrected chi connectivity index (χ1v) is 13.3. The minimum atomic E-state index is -3.80. The van der Waals surface area contributed by atoms with Gasteiger partial charge in [-0.1, -0.05) is 42.3 Å². The summed E-state index contributed by atoms with van der Waals surface area (Å²) in [5, 5.41) is 3.22. The predicted octanol–water partition coefficient (Wildman–Crippen LogP) is 3.43. The molecule has 0 fully saturated rings. The second kappa shape index (κ2) is 9.55. The molecule has 0 aromatic heterocycles. The lowest BCUT2D eigenvalue weighted by molar-refractivity contribution is -0.120. The van der Waals surface area contributed by atoms with Crippen LogP contribution in [0.4, 0.5) is 5.69 Å². The van der Waals surface area contributed by atoms with Crippen molar-refractivity contribution in [1.29, 1.82) is 0 Å². The van der Waals surface area contributed by atoms with Crippen LogP contribution in [0.2, 0.25) is 10.0 Å². The number of benzene rings is 2. The number of anilines is 1. The number of hydrogen-bond acceptors (Lipinski definition) is 5. The second-order valence-electron chi connectivity index (χ2n) is 6.73. The Kier molecular flexibility index (Phi) is 7.79. The minimum absolute atomic E-state index is 0.101. The number of nitrogens with zero attached hydrogens (tertiary/aromatic N) is 1. The van der Waals surface area contributed by atoms with Gasteiger partial charge >= 0.3 is 0 Å². The summed E-state index contributed by atoms with van der Waals surface area (Å²) < 4.78 is 48.6. The van der Waals surface area contributed by atoms with Crippen molar-refractivity contribution >= 4 is 54.7 Å². The van der Waals surface area contributed by atoms with E-state index in [0.717, 1.165) is 16.8 Å². The first-order chi connectivity index (χ1) is 13.8. The maximum Gasteiger partial charge on any atom is 0.241 e. The number of carbonyl (C=O) groups excluding carboxylic acids is 1. The Hall–Kier alpha value is -1.81. The largest absolute Gasteiger partial charge is 0.348 e. The summed E-state index contributed by atoms with van der Waals surface area (Å²) in [6.45, 7) is 1.37. The number of hydrogen-bond donors (Lipinski definition) is 1. The summed E-state index contributed by atoms with van der Waals surface area (Å²) in [5.74, 6) is -0.537. The van der Waals surface area contributed by atoms with Crippen LogP contribution in [0, 0.1) is 0 Å². The SMILES string of the molecule is CCC(NC(=O)CN(c1ccc(Cl)cc1Cl)S(C)(=O)=O)c1ccc(S(C)(=O)=O)cc1. The molecule has 1 N–H and O–H groups in total. The lowest BCUT2D eigenvalue weighted by atomic mass is 10.0. The number of nitrogens with one attached hydrogen (secondary N) is 1. The molecule has 2 aromatic carbocycles. The Bertz CT molecular complexity index is 1130. The number of rotatable bonds is 8. The molecule has 1 unspecified atom stereocenters. The fraction of sp³-hybridized carbons (Fsp3) is 0.316. The molecule has 7 nitrogen and oxygen atoms in total. The highest BCUT2D eigenvalue weighted by Gasteiger charge is 2.24. The molecule has 0 radical (unpaired) electrons. The molecule has 0 saturated heterocycles. The van der Waals surface area contributed by atoms with E-state index in [0.29, 0.717) is 17.0 Å². The average Bonchev–Trinajstić information content (AvgIpc) is 2.63. The van der Waals surface area contributed by atoms with Gasteiger partial charge in [-0.05, 0) is 42.3 Å². The third-order valence-corrected chi connectivity index (χ3v) is 7.11. The van der Waals surface area contributed by atoms with E-state index in [1.807, 2.05) is 6.92 Å². The molecule has 0 saturated carbocycles. The summed E-state index contributed by atoms with van der Waals surface area (Å²) in [7, 11) is -7.13. The third-order valence-electron chi connectivity index (χ3n) is 4.32. The van der Waals surface area contributed by atoms with Crippen molar-refractivity contribution in [1.82, 2.24) is 5.32 Å². The molecule has 30 heavy (non-hydrogen) atoms. The van der Waals surface area contributed by atoms with Crippen LogP contribution in [-0.4, -0.2) is 41.8 Å². The first kappa shape index (κ1) is 24.5. The molecule has 0 aliphatic carbocycles. The van der Waals surface area contributed by atoms with Crippen LogP contribution < -0.4 is 9.62 Å². The number of carbonyl (C=O) groups is 1. The van der Waals surface area contributed by atoms with Gasteiger partial charge in [-0.25, -0.2) is 16.8 Å². The number of halogens is 2. The highest BCUT2D eigenvalue weighted by molar-refractivity contribution is 7.92. The van der Waals surface area contributed by atoms with Crippen LogP contribution in [0.5, 0.6) is 0 Å². The van der Waals surface area contributed by atoms with E-state index in [1.54, 1.807) is 12.1 Å². The number of amides is 1. The number of sulfone groups is 1. The topological polar surface area (TPSA) is 101 Å². The van der Waals surface area contributed by atoms with Gasteiger partial charge in [-0.2, -0.15) is 0 Å². The maximum absolute atomic E-state index is 12.6. The molecule has 1 atom stereocenters. The van der Waals surface area contributed by atoms with E-state index >= 15 is 0 Å². The van der Waals surface area contributed by atoms with Gasteiger partial charge in [0.15, 0.2) is 9.84 Å². The van der Waals surface area contributed by atoms with Gasteiger partial charge in [0.2, 0.25) is 15.9 Å². The molecule has 0 heterocycles. The van der Waals surface area contributed by atoms with Crippen LogP contribution in [-0.2, 0) is 24.7 Å². The van der Waals surface area contributed by atoms with E-state index in [-0.39, 0.29) is 15.6 Å². The van der Waals surface area contributed by atoms with Crippen LogP contribution in [0.3, 0.4) is 0 Å². The summed E-state index contributed by atoms with van der Waals surface area (Å²) in [5.41, 5.74) is 0.845. The van der Waals surface area contributed by atoms with Crippen molar-refractivity contribution in [2.45, 2.75) is 24.3 Å². The molecular formula is C19H22Cl2N2O5S2. The predicted molar refractivity (Wildman–Crippen MR) is 119 cm³/mol. The first-order valence-electron chi connectivity index (χ1n) is 8.85. The van der Waals surface area contributed by atoms with E-state index in [1.165, 1.54) is 30.3 Å². The molecule has 1 amide bonds. The Morgan fingerprint density at radius 3 is 2.10 bits per heavy atom. The third kappa shape index (κ3) is 6.34. The summed E-state index contributed by atoms with van der Waals surface area (Å²) in [6, 6.07) is 10.1. The van der Waals surface area contributed by atoms with Crippen molar-refractivity contribution in [3.8, 4) is 0 Å². The smallest absolute Gasteiger partial charge is 0.241 e. The Balaban J connectivity index is 2.23. The molecule has 2 aromatic rings. The van der Waals surface area contributed by atoms with Crippen LogP contribution in [0.15, 0.2) is 47.4 Å². The molecule has 2 rings (SSSR count). The molecular weight excluding hydrogens is 471 g/mol. The van der Waals surface area contributed by atoms with Gasteiger partial charge in [-0.3, -0.25) is 9.10 Å². The van der Waals surface area contributed by atoms with Crippen LogP contribution in [0.1, 0.15) is 24.9 Å². The summed E-state index contributed by atoms with van der Waals surface area (Å²) in [6.07, 6.45) is 2.61. The highest BCUT2D eigenvalue weighted by atomic mass is 35.5. The van der Waals surface area contributed by atoms with Gasteiger partial charge in [0, 0.05) is 11.3 Å². The van der Waals surface area contributed by atoms with Crippen LogP contribution >= 0.6 is 23.2 Å². The van der Waals surface area contributed by atoms with Crippen molar-refractivity contribution in [3.05, 3.63) is 58.1 Å². The van der Waals surface area contributed by atoms with Crippen molar-refractivity contribution < 1.29 is 21.6 Å². The summed E-state index contributed by atoms with van der Waals surface area (Å²) >= 11 is 12.0. The average molecular weight is 493 g/mol. The van der Waals surface area contributed by atoms with E-state index in [2.05, 4.69) is 5.32 Å². The van der Waals surface area contributed by atoms with Gasteiger partial charge in [0.05, 0.1) is 27.9 Å². The molecule has 0 spiro atoms. The van der Waals surface area contributed by atoms with E-state index in [4.69, 9.17) is 23.2 Å². The quantitative estimate of drug-likeness (QED) is 0.608. The molecule has 0 aliphatic rings. The lowest BCUT2D eigenvalue weighted by Crippen LogP contribution is -2.41. The van der Waals surface area contributed by atoms with Gasteiger partial charge in [0.1, 0.15) is 6.54 Å². The van der Waals surface area contributed by atoms with Crippen molar-refractivity contribution in [2.24, 2.45) is 0 Å². The Morgan fingerprint density at radius 1 is 1.03 bits per heavy atom. The minimum Gasteiger partial charge on any atom is -0.348 e. The zero-order valence-electron chi connectivity index (χ0n) is 16.6. The van der Waals surface area contributed by atoms with E-state index in [9.17, 15) is 21.6 Å². The fourth-order valence-corrected chi connectivity index (χ4v) is 4.86. The van der Waals surface area contributed by atoms with Gasteiger partial charge in [-0.15, -0.1) is 0 Å². The molecule has 11 heteroatoms. The fourth-order valence-electron chi connectivity index (χ4n) is 2.80. The van der Waals surface area contributed by atoms with E-state index < -0.39 is 38.4 Å². The zero-order valence-corrected chi connectivity index (χ0v) is 19.7. The highest BCUT2D eigenvalue weighted by Crippen LogP contribution is 2.30. The number of sulfonamides is 1. The lowest BCUT2D eigenvalue weighted by Gasteiger charge is -2.25. The normalized spacial score (nSPS) is 13.0.